The van der Waals surface area contributed by atoms with Crippen LogP contribution in [0.1, 0.15) is 62.3 Å². The molecule has 0 atom stereocenters. The first-order valence-corrected chi connectivity index (χ1v) is 6.67. The van der Waals surface area contributed by atoms with Crippen LogP contribution in [0.25, 0.3) is 0 Å². The van der Waals surface area contributed by atoms with E-state index in [9.17, 15) is 0 Å². The van der Waals surface area contributed by atoms with E-state index >= 15 is 0 Å². The summed E-state index contributed by atoms with van der Waals surface area (Å²) in [6.45, 7) is 20.5. The molecule has 0 heterocycles. The second-order valence-corrected chi connectivity index (χ2v) is 8.31. The molecule has 0 saturated heterocycles. The summed E-state index contributed by atoms with van der Waals surface area (Å²) < 4.78 is 0. The first kappa shape index (κ1) is 16.8. The van der Waals surface area contributed by atoms with Crippen molar-refractivity contribution in [1.29, 1.82) is 0 Å². The first-order chi connectivity index (χ1) is 7.23. The van der Waals surface area contributed by atoms with Crippen LogP contribution >= 0.6 is 0 Å². The molecular weight excluding hydrogens is 205 g/mol. The summed E-state index contributed by atoms with van der Waals surface area (Å²) in [6, 6.07) is 0. The van der Waals surface area contributed by atoms with Gasteiger partial charge >= 0.3 is 0 Å². The predicted molar refractivity (Wildman–Crippen MR) is 81.7 cm³/mol. The molecule has 0 aliphatic carbocycles. The fourth-order valence-corrected chi connectivity index (χ4v) is 1.51. The van der Waals surface area contributed by atoms with Crippen molar-refractivity contribution < 1.29 is 0 Å². The second-order valence-electron chi connectivity index (χ2n) is 8.31. The van der Waals surface area contributed by atoms with Gasteiger partial charge in [-0.15, -0.1) is 0 Å². The van der Waals surface area contributed by atoms with Crippen molar-refractivity contribution in [2.45, 2.75) is 67.9 Å². The van der Waals surface area contributed by atoms with Gasteiger partial charge in [-0.3, -0.25) is 0 Å². The highest BCUT2D eigenvalue weighted by Gasteiger charge is 2.26. The number of hydrogen-bond acceptors (Lipinski definition) is 1. The Labute approximate surface area is 110 Å². The highest BCUT2D eigenvalue weighted by Crippen LogP contribution is 2.30. The average molecular weight is 237 g/mol. The minimum atomic E-state index is 0.224. The van der Waals surface area contributed by atoms with E-state index in [1.807, 2.05) is 0 Å². The molecule has 0 amide bonds. The van der Waals surface area contributed by atoms with Gasteiger partial charge in [-0.05, 0) is 38.6 Å². The minimum absolute atomic E-state index is 0.224. The molecule has 0 N–H and O–H groups in total. The van der Waals surface area contributed by atoms with Crippen LogP contribution in [0.5, 0.6) is 0 Å². The van der Waals surface area contributed by atoms with Gasteiger partial charge in [-0.2, -0.15) is 0 Å². The van der Waals surface area contributed by atoms with E-state index in [2.05, 4.69) is 80.2 Å². The maximum Gasteiger partial charge on any atom is 0.234 e. The van der Waals surface area contributed by atoms with Crippen LogP contribution < -0.4 is 0 Å². The molecule has 0 aromatic rings. The summed E-state index contributed by atoms with van der Waals surface area (Å²) in [4.78, 5) is 2.43. The van der Waals surface area contributed by atoms with Crippen LogP contribution in [-0.2, 0) is 0 Å². The standard InChI is InChI=1S/C15H32BN/c1-13(2,3)11-12(14(4,5)6)16-17(10)15(7,8)9/h11,16H,1-10H3/b12-11+. The lowest BCUT2D eigenvalue weighted by molar-refractivity contribution is 0.298. The molecule has 0 fully saturated rings. The zero-order chi connectivity index (χ0) is 14.1. The van der Waals surface area contributed by atoms with Gasteiger partial charge < -0.3 is 4.81 Å². The molecule has 0 rings (SSSR count). The molecule has 0 radical (unpaired) electrons. The summed E-state index contributed by atoms with van der Waals surface area (Å²) in [5.41, 5.74) is 2.25. The van der Waals surface area contributed by atoms with E-state index in [4.69, 9.17) is 0 Å². The Morgan fingerprint density at radius 1 is 0.882 bits per heavy atom. The van der Waals surface area contributed by atoms with Crippen LogP contribution in [0.4, 0.5) is 0 Å². The Balaban J connectivity index is 5.07. The van der Waals surface area contributed by atoms with Crippen LogP contribution in [0.15, 0.2) is 11.5 Å². The molecular formula is C15H32BN. The molecule has 0 aromatic carbocycles. The van der Waals surface area contributed by atoms with E-state index in [0.29, 0.717) is 0 Å². The fourth-order valence-electron chi connectivity index (χ4n) is 1.51. The maximum atomic E-state index is 2.44. The van der Waals surface area contributed by atoms with Gasteiger partial charge in [0.15, 0.2) is 0 Å². The summed E-state index contributed by atoms with van der Waals surface area (Å²) in [5, 5.41) is 0. The predicted octanol–water partition coefficient (Wildman–Crippen LogP) is 4.04. The van der Waals surface area contributed by atoms with Gasteiger partial charge in [0.2, 0.25) is 7.41 Å². The number of nitrogens with zero attached hydrogens (tertiary/aromatic N) is 1. The highest BCUT2D eigenvalue weighted by molar-refractivity contribution is 6.42. The third kappa shape index (κ3) is 6.93. The first-order valence-electron chi connectivity index (χ1n) is 6.67. The van der Waals surface area contributed by atoms with Crippen molar-refractivity contribution in [3.63, 3.8) is 0 Å². The Hall–Kier alpha value is -0.235. The smallest absolute Gasteiger partial charge is 0.234 e. The highest BCUT2D eigenvalue weighted by atomic mass is 15.1. The van der Waals surface area contributed by atoms with Gasteiger partial charge in [-0.25, -0.2) is 0 Å². The van der Waals surface area contributed by atoms with Crippen LogP contribution in [0, 0.1) is 10.8 Å². The summed E-state index contributed by atoms with van der Waals surface area (Å²) in [6.07, 6.45) is 2.44. The Bertz CT molecular complexity index is 271. The van der Waals surface area contributed by atoms with Gasteiger partial charge in [0.05, 0.1) is 0 Å². The molecule has 17 heavy (non-hydrogen) atoms. The molecule has 0 bridgehead atoms. The molecule has 100 valence electrons. The van der Waals surface area contributed by atoms with Crippen LogP contribution in [0.2, 0.25) is 0 Å². The molecule has 0 aliphatic heterocycles. The topological polar surface area (TPSA) is 3.24 Å². The Kier molecular flexibility index (Phi) is 5.11. The van der Waals surface area contributed by atoms with Crippen molar-refractivity contribution >= 4 is 7.41 Å². The molecule has 0 saturated carbocycles. The zero-order valence-electron chi connectivity index (χ0n) is 13.7. The lowest BCUT2D eigenvalue weighted by Crippen LogP contribution is -2.43. The third-order valence-corrected chi connectivity index (χ3v) is 3.12. The van der Waals surface area contributed by atoms with Crippen molar-refractivity contribution in [2.24, 2.45) is 10.8 Å². The van der Waals surface area contributed by atoms with Gasteiger partial charge in [-0.1, -0.05) is 53.1 Å². The van der Waals surface area contributed by atoms with Gasteiger partial charge in [0, 0.05) is 5.54 Å². The van der Waals surface area contributed by atoms with E-state index in [-0.39, 0.29) is 16.4 Å². The van der Waals surface area contributed by atoms with Crippen molar-refractivity contribution in [2.75, 3.05) is 7.05 Å². The molecule has 0 aliphatic rings. The number of rotatable bonds is 2. The van der Waals surface area contributed by atoms with Crippen LogP contribution in [-0.4, -0.2) is 24.8 Å². The second kappa shape index (κ2) is 5.18. The summed E-state index contributed by atoms with van der Waals surface area (Å²) >= 11 is 0. The van der Waals surface area contributed by atoms with E-state index in [1.165, 1.54) is 5.47 Å². The normalized spacial score (nSPS) is 15.4. The summed E-state index contributed by atoms with van der Waals surface area (Å²) in [5.74, 6) is 0. The molecule has 0 spiro atoms. The minimum Gasteiger partial charge on any atom is -0.339 e. The summed E-state index contributed by atoms with van der Waals surface area (Å²) in [7, 11) is 3.26. The Morgan fingerprint density at radius 2 is 1.29 bits per heavy atom. The molecule has 1 nitrogen and oxygen atoms in total. The molecule has 0 aromatic heterocycles. The monoisotopic (exact) mass is 237 g/mol. The van der Waals surface area contributed by atoms with Crippen LogP contribution in [0.3, 0.4) is 0 Å². The quantitative estimate of drug-likeness (QED) is 0.655. The number of hydrogen-bond donors (Lipinski definition) is 0. The van der Waals surface area contributed by atoms with Crippen molar-refractivity contribution in [3.05, 3.63) is 11.5 Å². The molecule has 0 unspecified atom stereocenters. The van der Waals surface area contributed by atoms with Crippen molar-refractivity contribution in [1.82, 2.24) is 4.81 Å². The third-order valence-electron chi connectivity index (χ3n) is 3.12. The molecule has 2 heteroatoms. The SMILES string of the molecule is CN(B/C(=C/C(C)(C)C)C(C)(C)C)C(C)(C)C. The van der Waals surface area contributed by atoms with E-state index in [1.54, 1.807) is 0 Å². The van der Waals surface area contributed by atoms with Gasteiger partial charge in [0.25, 0.3) is 0 Å². The number of allylic oxidation sites excluding steroid dienone is 2. The van der Waals surface area contributed by atoms with E-state index in [0.717, 1.165) is 7.41 Å². The largest absolute Gasteiger partial charge is 0.339 e. The van der Waals surface area contributed by atoms with E-state index < -0.39 is 0 Å². The van der Waals surface area contributed by atoms with Gasteiger partial charge in [0.1, 0.15) is 0 Å². The average Bonchev–Trinajstić information content (AvgIpc) is 1.96. The van der Waals surface area contributed by atoms with Crippen molar-refractivity contribution in [3.8, 4) is 0 Å². The lowest BCUT2D eigenvalue weighted by Gasteiger charge is -2.36. The fraction of sp³-hybridized carbons (Fsp3) is 0.867. The lowest BCUT2D eigenvalue weighted by atomic mass is 9.63. The maximum absolute atomic E-state index is 2.44. The Morgan fingerprint density at radius 3 is 1.53 bits per heavy atom. The zero-order valence-corrected chi connectivity index (χ0v) is 13.7.